The summed E-state index contributed by atoms with van der Waals surface area (Å²) in [4.78, 5) is 3.80. The van der Waals surface area contributed by atoms with Crippen LogP contribution in [0.15, 0.2) is 60.0 Å². The van der Waals surface area contributed by atoms with E-state index in [0.717, 1.165) is 36.7 Å². The number of alkyl halides is 3. The van der Waals surface area contributed by atoms with Crippen molar-refractivity contribution in [3.63, 3.8) is 0 Å². The van der Waals surface area contributed by atoms with Gasteiger partial charge in [-0.05, 0) is 80.5 Å². The summed E-state index contributed by atoms with van der Waals surface area (Å²) in [6.45, 7) is 10.6. The summed E-state index contributed by atoms with van der Waals surface area (Å²) < 4.78 is 81.4. The second-order valence-corrected chi connectivity index (χ2v) is 10.2. The summed E-state index contributed by atoms with van der Waals surface area (Å²) in [6, 6.07) is 2.21. The van der Waals surface area contributed by atoms with Gasteiger partial charge in [0.1, 0.15) is 18.2 Å². The summed E-state index contributed by atoms with van der Waals surface area (Å²) in [5, 5.41) is 9.74. The maximum absolute atomic E-state index is 14.7. The highest BCUT2D eigenvalue weighted by atomic mass is 19.4. The van der Waals surface area contributed by atoms with Crippen LogP contribution >= 0.6 is 0 Å². The lowest BCUT2D eigenvalue weighted by Gasteiger charge is -2.18. The number of hydrogen-bond acceptors (Lipinski definition) is 4. The first-order chi connectivity index (χ1) is 17.7. The van der Waals surface area contributed by atoms with Gasteiger partial charge in [-0.1, -0.05) is 19.6 Å². The minimum absolute atomic E-state index is 0.0485. The van der Waals surface area contributed by atoms with Gasteiger partial charge in [-0.25, -0.2) is 13.8 Å². The van der Waals surface area contributed by atoms with Crippen LogP contribution in [-0.2, 0) is 17.5 Å². The monoisotopic (exact) mass is 537 g/mol. The second-order valence-electron chi connectivity index (χ2n) is 10.2. The van der Waals surface area contributed by atoms with E-state index in [1.807, 2.05) is 13.0 Å². The Bertz CT molecular complexity index is 1240. The first-order valence-corrected chi connectivity index (χ1v) is 12.3. The number of ether oxygens (including phenoxy) is 2. The molecule has 1 heterocycles. The molecule has 0 amide bonds. The maximum atomic E-state index is 14.7. The number of halogens is 5. The predicted molar refractivity (Wildman–Crippen MR) is 135 cm³/mol. The van der Waals surface area contributed by atoms with Crippen molar-refractivity contribution >= 4 is 0 Å². The lowest BCUT2D eigenvalue weighted by molar-refractivity contribution is -0.137. The van der Waals surface area contributed by atoms with Crippen LogP contribution in [0.4, 0.5) is 22.0 Å². The average molecular weight is 538 g/mol. The molecule has 1 unspecified atom stereocenters. The number of allylic oxidation sites excluding steroid dienone is 4. The lowest BCUT2D eigenvalue weighted by Crippen LogP contribution is -2.22. The molecule has 1 N–H and O–H groups in total. The van der Waals surface area contributed by atoms with Gasteiger partial charge in [0, 0.05) is 23.7 Å². The number of aliphatic hydroxyl groups is 1. The summed E-state index contributed by atoms with van der Waals surface area (Å²) in [7, 11) is 0. The van der Waals surface area contributed by atoms with Gasteiger partial charge >= 0.3 is 6.18 Å². The number of pyridine rings is 1. The standard InChI is InChI=1S/C29H32F5NO3/c1-6-19-9-17(2)10-20(19)11-18(3)38-16-22-12-23(24(14-25(22)30)29(32,33)34)21-13-26(31)27(35-15-21)37-8-7-28(4,5)36/h6,11-15,17,36H,3,7-10,16H2,1-2,4-5H3/b19-6-,20-11-. The maximum Gasteiger partial charge on any atom is 0.417 e. The third-order valence-corrected chi connectivity index (χ3v) is 6.21. The van der Waals surface area contributed by atoms with E-state index in [2.05, 4.69) is 18.5 Å². The molecular formula is C29H32F5NO3. The summed E-state index contributed by atoms with van der Waals surface area (Å²) in [5.74, 6) is -1.77. The van der Waals surface area contributed by atoms with Crippen molar-refractivity contribution in [2.45, 2.75) is 65.3 Å². The Morgan fingerprint density at radius 2 is 1.82 bits per heavy atom. The molecule has 1 fully saturated rings. The van der Waals surface area contributed by atoms with Gasteiger partial charge in [-0.2, -0.15) is 13.2 Å². The van der Waals surface area contributed by atoms with Gasteiger partial charge < -0.3 is 14.6 Å². The molecule has 38 heavy (non-hydrogen) atoms. The zero-order chi connectivity index (χ0) is 28.3. The van der Waals surface area contributed by atoms with Crippen LogP contribution in [0, 0.1) is 17.6 Å². The molecule has 1 aromatic heterocycles. The molecule has 1 atom stereocenters. The number of nitrogens with zero attached hydrogens (tertiary/aromatic N) is 1. The highest BCUT2D eigenvalue weighted by Crippen LogP contribution is 2.40. The van der Waals surface area contributed by atoms with Gasteiger partial charge in [0.25, 0.3) is 0 Å². The number of benzene rings is 1. The van der Waals surface area contributed by atoms with E-state index in [0.29, 0.717) is 12.0 Å². The molecule has 206 valence electrons. The third-order valence-electron chi connectivity index (χ3n) is 6.21. The SMILES string of the molecule is C=C(/C=C1/CC(C)C/C1=C/C)OCc1cc(-c2cnc(OCCC(C)(C)O)c(F)c2)c(C(F)(F)F)cc1F. The Morgan fingerprint density at radius 1 is 1.13 bits per heavy atom. The van der Waals surface area contributed by atoms with Crippen LogP contribution in [0.1, 0.15) is 58.1 Å². The smallest absolute Gasteiger partial charge is 0.417 e. The van der Waals surface area contributed by atoms with Gasteiger partial charge in [-0.15, -0.1) is 0 Å². The van der Waals surface area contributed by atoms with E-state index in [1.54, 1.807) is 19.9 Å². The zero-order valence-electron chi connectivity index (χ0n) is 21.9. The quantitative estimate of drug-likeness (QED) is 0.261. The topological polar surface area (TPSA) is 51.6 Å². The third kappa shape index (κ3) is 7.66. The Morgan fingerprint density at radius 3 is 2.42 bits per heavy atom. The molecule has 1 aliphatic rings. The molecular weight excluding hydrogens is 505 g/mol. The highest BCUT2D eigenvalue weighted by molar-refractivity contribution is 5.69. The van der Waals surface area contributed by atoms with Crippen LogP contribution in [0.5, 0.6) is 5.88 Å². The lowest BCUT2D eigenvalue weighted by atomic mass is 9.97. The van der Waals surface area contributed by atoms with E-state index in [4.69, 9.17) is 9.47 Å². The summed E-state index contributed by atoms with van der Waals surface area (Å²) in [5.41, 5.74) is -0.881. The molecule has 1 aromatic carbocycles. The highest BCUT2D eigenvalue weighted by Gasteiger charge is 2.35. The Kier molecular flexibility index (Phi) is 9.02. The molecule has 1 aliphatic carbocycles. The summed E-state index contributed by atoms with van der Waals surface area (Å²) in [6.07, 6.45) is 1.87. The van der Waals surface area contributed by atoms with Crippen LogP contribution in [0.2, 0.25) is 0 Å². The van der Waals surface area contributed by atoms with Crippen molar-refractivity contribution in [1.29, 1.82) is 0 Å². The van der Waals surface area contributed by atoms with Crippen molar-refractivity contribution in [3.05, 3.63) is 82.8 Å². The van der Waals surface area contributed by atoms with Crippen LogP contribution in [-0.4, -0.2) is 22.3 Å². The molecule has 3 rings (SSSR count). The predicted octanol–water partition coefficient (Wildman–Crippen LogP) is 7.92. The van der Waals surface area contributed by atoms with Gasteiger partial charge in [0.05, 0.1) is 17.8 Å². The molecule has 9 heteroatoms. The first-order valence-electron chi connectivity index (χ1n) is 12.3. The fraction of sp³-hybridized carbons (Fsp3) is 0.414. The van der Waals surface area contributed by atoms with E-state index in [1.165, 1.54) is 5.57 Å². The Hall–Kier alpha value is -3.20. The molecule has 1 saturated carbocycles. The van der Waals surface area contributed by atoms with Crippen LogP contribution in [0.25, 0.3) is 11.1 Å². The fourth-order valence-electron chi connectivity index (χ4n) is 4.22. The molecule has 0 spiro atoms. The van der Waals surface area contributed by atoms with E-state index in [-0.39, 0.29) is 36.5 Å². The average Bonchev–Trinajstić information content (AvgIpc) is 3.16. The van der Waals surface area contributed by atoms with Crippen molar-refractivity contribution < 1.29 is 36.5 Å². The molecule has 0 bridgehead atoms. The van der Waals surface area contributed by atoms with Crippen molar-refractivity contribution in [1.82, 2.24) is 4.98 Å². The number of rotatable bonds is 9. The summed E-state index contributed by atoms with van der Waals surface area (Å²) >= 11 is 0. The molecule has 0 aliphatic heterocycles. The number of aromatic nitrogens is 1. The zero-order valence-corrected chi connectivity index (χ0v) is 21.9. The molecule has 0 saturated heterocycles. The van der Waals surface area contributed by atoms with Gasteiger partial charge in [0.2, 0.25) is 5.88 Å². The largest absolute Gasteiger partial charge is 0.489 e. The molecule has 0 radical (unpaired) electrons. The number of hydrogen-bond donors (Lipinski definition) is 1. The fourth-order valence-corrected chi connectivity index (χ4v) is 4.22. The van der Waals surface area contributed by atoms with Gasteiger partial charge in [0.15, 0.2) is 5.82 Å². The minimum atomic E-state index is -4.90. The van der Waals surface area contributed by atoms with Crippen molar-refractivity contribution in [2.75, 3.05) is 6.61 Å². The van der Waals surface area contributed by atoms with E-state index < -0.39 is 40.4 Å². The minimum Gasteiger partial charge on any atom is -0.489 e. The molecule has 2 aromatic rings. The van der Waals surface area contributed by atoms with Gasteiger partial charge in [-0.3, -0.25) is 0 Å². The first kappa shape index (κ1) is 29.4. The van der Waals surface area contributed by atoms with Crippen LogP contribution in [0.3, 0.4) is 0 Å². The van der Waals surface area contributed by atoms with E-state index in [9.17, 15) is 27.1 Å². The normalized spacial score (nSPS) is 18.3. The Balaban J connectivity index is 1.86. The van der Waals surface area contributed by atoms with Crippen molar-refractivity contribution in [2.24, 2.45) is 5.92 Å². The second kappa shape index (κ2) is 11.7. The van der Waals surface area contributed by atoms with E-state index >= 15 is 0 Å². The Labute approximate surface area is 219 Å². The van der Waals surface area contributed by atoms with Crippen LogP contribution < -0.4 is 4.74 Å². The molecule has 4 nitrogen and oxygen atoms in total. The van der Waals surface area contributed by atoms with Crippen molar-refractivity contribution in [3.8, 4) is 17.0 Å².